The summed E-state index contributed by atoms with van der Waals surface area (Å²) in [6, 6.07) is 23.9. The largest absolute Gasteiger partial charge is 0.488 e. The van der Waals surface area contributed by atoms with Crippen LogP contribution >= 0.6 is 11.8 Å². The molecule has 4 rings (SSSR count). The molecule has 0 bridgehead atoms. The molecule has 0 unspecified atom stereocenters. The van der Waals surface area contributed by atoms with Gasteiger partial charge in [0.2, 0.25) is 5.91 Å². The Morgan fingerprint density at radius 3 is 2.38 bits per heavy atom. The Hall–Kier alpha value is -3.84. The topological polar surface area (TPSA) is 75.7 Å². The van der Waals surface area contributed by atoms with Crippen molar-refractivity contribution in [2.45, 2.75) is 58.6 Å². The Morgan fingerprint density at radius 1 is 0.925 bits per heavy atom. The molecule has 0 aliphatic carbocycles. The van der Waals surface area contributed by atoms with E-state index >= 15 is 0 Å². The van der Waals surface area contributed by atoms with Crippen molar-refractivity contribution in [2.75, 3.05) is 7.05 Å². The minimum absolute atomic E-state index is 0.159. The van der Waals surface area contributed by atoms with Crippen LogP contribution in [0.15, 0.2) is 77.7 Å². The normalized spacial score (nSPS) is 13.9. The average molecular weight is 557 g/mol. The zero-order valence-corrected chi connectivity index (χ0v) is 24.0. The Bertz CT molecular complexity index is 1350. The summed E-state index contributed by atoms with van der Waals surface area (Å²) in [7, 11) is 1.86. The minimum atomic E-state index is -0.372. The van der Waals surface area contributed by atoms with Crippen LogP contribution in [-0.4, -0.2) is 29.0 Å². The van der Waals surface area contributed by atoms with Gasteiger partial charge in [-0.1, -0.05) is 93.3 Å². The summed E-state index contributed by atoms with van der Waals surface area (Å²) in [6.45, 7) is 3.15. The van der Waals surface area contributed by atoms with E-state index in [0.29, 0.717) is 24.5 Å². The van der Waals surface area contributed by atoms with E-state index in [2.05, 4.69) is 18.3 Å². The molecule has 7 heteroatoms. The van der Waals surface area contributed by atoms with Gasteiger partial charge in [0.05, 0.1) is 4.91 Å². The van der Waals surface area contributed by atoms with Gasteiger partial charge in [-0.25, -0.2) is 0 Å². The van der Waals surface area contributed by atoms with Crippen molar-refractivity contribution < 1.29 is 19.1 Å². The van der Waals surface area contributed by atoms with Crippen LogP contribution in [-0.2, 0) is 22.7 Å². The Balaban J connectivity index is 1.51. The fourth-order valence-electron chi connectivity index (χ4n) is 4.53. The van der Waals surface area contributed by atoms with E-state index in [1.807, 2.05) is 73.8 Å². The zero-order valence-electron chi connectivity index (χ0n) is 23.2. The van der Waals surface area contributed by atoms with Crippen LogP contribution in [0.2, 0.25) is 0 Å². The van der Waals surface area contributed by atoms with E-state index in [1.165, 1.54) is 19.3 Å². The van der Waals surface area contributed by atoms with Gasteiger partial charge in [-0.15, -0.1) is 0 Å². The van der Waals surface area contributed by atoms with E-state index in [9.17, 15) is 14.4 Å². The second-order valence-corrected chi connectivity index (χ2v) is 11.0. The predicted octanol–water partition coefficient (Wildman–Crippen LogP) is 7.58. The van der Waals surface area contributed by atoms with Crippen LogP contribution in [0.5, 0.6) is 5.75 Å². The molecule has 0 saturated carbocycles. The highest BCUT2D eigenvalue weighted by molar-refractivity contribution is 8.18. The molecule has 3 aromatic rings. The molecule has 208 valence electrons. The van der Waals surface area contributed by atoms with Gasteiger partial charge in [0.1, 0.15) is 12.4 Å². The lowest BCUT2D eigenvalue weighted by atomic mass is 10.00. The van der Waals surface area contributed by atoms with Crippen LogP contribution in [0.3, 0.4) is 0 Å². The molecule has 3 amide bonds. The minimum Gasteiger partial charge on any atom is -0.488 e. The number of hydrogen-bond donors (Lipinski definition) is 1. The molecule has 40 heavy (non-hydrogen) atoms. The highest BCUT2D eigenvalue weighted by Crippen LogP contribution is 2.33. The van der Waals surface area contributed by atoms with E-state index in [-0.39, 0.29) is 17.1 Å². The maximum Gasteiger partial charge on any atom is 0.290 e. The van der Waals surface area contributed by atoms with Crippen LogP contribution in [0.4, 0.5) is 4.79 Å². The Morgan fingerprint density at radius 2 is 1.68 bits per heavy atom. The van der Waals surface area contributed by atoms with Crippen molar-refractivity contribution in [1.29, 1.82) is 0 Å². The lowest BCUT2D eigenvalue weighted by molar-refractivity contribution is -0.130. The smallest absolute Gasteiger partial charge is 0.290 e. The highest BCUT2D eigenvalue weighted by atomic mass is 32.2. The first kappa shape index (κ1) is 29.2. The third-order valence-corrected chi connectivity index (χ3v) is 7.59. The number of imide groups is 1. The van der Waals surface area contributed by atoms with Crippen molar-refractivity contribution in [3.63, 3.8) is 0 Å². The van der Waals surface area contributed by atoms with Crippen molar-refractivity contribution in [2.24, 2.45) is 0 Å². The van der Waals surface area contributed by atoms with E-state index < -0.39 is 0 Å². The molecule has 1 fully saturated rings. The summed E-state index contributed by atoms with van der Waals surface area (Å²) in [4.78, 5) is 38.3. The number of benzene rings is 3. The van der Waals surface area contributed by atoms with Crippen LogP contribution < -0.4 is 10.1 Å². The van der Waals surface area contributed by atoms with Gasteiger partial charge in [-0.3, -0.25) is 19.7 Å². The van der Waals surface area contributed by atoms with Gasteiger partial charge in [0, 0.05) is 25.6 Å². The maximum atomic E-state index is 12.7. The summed E-state index contributed by atoms with van der Waals surface area (Å²) in [5, 5.41) is 1.92. The number of carbonyl (C=O) groups is 3. The van der Waals surface area contributed by atoms with Gasteiger partial charge in [-0.05, 0) is 58.6 Å². The van der Waals surface area contributed by atoms with Crippen molar-refractivity contribution in [1.82, 2.24) is 10.2 Å². The Kier molecular flexibility index (Phi) is 10.6. The molecule has 1 saturated heterocycles. The van der Waals surface area contributed by atoms with Crippen molar-refractivity contribution in [3.8, 4) is 16.9 Å². The van der Waals surface area contributed by atoms with Gasteiger partial charge in [0.25, 0.3) is 11.1 Å². The number of nitrogens with zero attached hydrogens (tertiary/aromatic N) is 1. The highest BCUT2D eigenvalue weighted by Gasteiger charge is 2.24. The quantitative estimate of drug-likeness (QED) is 0.174. The number of thioether (sulfide) groups is 1. The SMILES string of the molecule is CCCCCCCC(=O)N(C)Cc1ccc(OCc2ccccc2)c(-c2ccc(C=C3SC(=O)NC3=O)cc2)c1. The molecule has 3 aromatic carbocycles. The third-order valence-electron chi connectivity index (χ3n) is 6.78. The molecule has 1 aliphatic heterocycles. The number of ether oxygens (including phenoxy) is 1. The Labute approximate surface area is 240 Å². The van der Waals surface area contributed by atoms with Crippen molar-refractivity contribution in [3.05, 3.63) is 94.4 Å². The molecule has 1 N–H and O–H groups in total. The van der Waals surface area contributed by atoms with Crippen LogP contribution in [0.25, 0.3) is 17.2 Å². The summed E-state index contributed by atoms with van der Waals surface area (Å²) in [5.41, 5.74) is 4.80. The zero-order chi connectivity index (χ0) is 28.3. The first-order chi connectivity index (χ1) is 19.4. The lowest BCUT2D eigenvalue weighted by Gasteiger charge is -2.19. The van der Waals surface area contributed by atoms with Gasteiger partial charge >= 0.3 is 0 Å². The monoisotopic (exact) mass is 556 g/mol. The number of carbonyl (C=O) groups excluding carboxylic acids is 3. The van der Waals surface area contributed by atoms with E-state index in [1.54, 1.807) is 11.0 Å². The number of hydrogen-bond acceptors (Lipinski definition) is 5. The summed E-state index contributed by atoms with van der Waals surface area (Å²) >= 11 is 0.903. The number of rotatable bonds is 13. The van der Waals surface area contributed by atoms with Gasteiger partial charge in [-0.2, -0.15) is 0 Å². The summed E-state index contributed by atoms with van der Waals surface area (Å²) in [5.74, 6) is 0.537. The molecule has 0 aromatic heterocycles. The maximum absolute atomic E-state index is 12.7. The van der Waals surface area contributed by atoms with Crippen LogP contribution in [0, 0.1) is 0 Å². The lowest BCUT2D eigenvalue weighted by Crippen LogP contribution is -2.25. The first-order valence-corrected chi connectivity index (χ1v) is 14.6. The van der Waals surface area contributed by atoms with Gasteiger partial charge < -0.3 is 9.64 Å². The van der Waals surface area contributed by atoms with Crippen molar-refractivity contribution >= 4 is 34.9 Å². The second kappa shape index (κ2) is 14.5. The van der Waals surface area contributed by atoms with E-state index in [0.717, 1.165) is 58.2 Å². The molecular formula is C33H36N2O4S. The number of unbranched alkanes of at least 4 members (excludes halogenated alkanes) is 4. The fourth-order valence-corrected chi connectivity index (χ4v) is 5.21. The second-order valence-electron chi connectivity index (χ2n) is 9.99. The summed E-state index contributed by atoms with van der Waals surface area (Å²) in [6.07, 6.45) is 7.90. The van der Waals surface area contributed by atoms with Crippen LogP contribution in [0.1, 0.15) is 62.1 Å². The summed E-state index contributed by atoms with van der Waals surface area (Å²) < 4.78 is 6.25. The predicted molar refractivity (Wildman–Crippen MR) is 162 cm³/mol. The average Bonchev–Trinajstić information content (AvgIpc) is 3.28. The first-order valence-electron chi connectivity index (χ1n) is 13.8. The van der Waals surface area contributed by atoms with E-state index in [4.69, 9.17) is 4.74 Å². The third kappa shape index (κ3) is 8.33. The molecule has 6 nitrogen and oxygen atoms in total. The molecule has 0 atom stereocenters. The molecule has 1 heterocycles. The molecule has 1 aliphatic rings. The molecule has 0 radical (unpaired) electrons. The fraction of sp³-hybridized carbons (Fsp3) is 0.303. The van der Waals surface area contributed by atoms with Gasteiger partial charge in [0.15, 0.2) is 0 Å². The number of amides is 3. The standard InChI is InChI=1S/C33H36N2O4S/c1-3-4-5-6-10-13-31(36)35(2)22-26-16-19-29(39-23-25-11-8-7-9-12-25)28(20-26)27-17-14-24(15-18-27)21-30-32(37)34-33(38)40-30/h7-9,11-12,14-21H,3-6,10,13,22-23H2,1-2H3,(H,34,37,38). The molecule has 0 spiro atoms. The number of nitrogens with one attached hydrogen (secondary N) is 1. The molecular weight excluding hydrogens is 520 g/mol.